The van der Waals surface area contributed by atoms with Gasteiger partial charge in [0.2, 0.25) is 5.91 Å². The Labute approximate surface area is 161 Å². The molecule has 3 rings (SSSR count). The van der Waals surface area contributed by atoms with Crippen molar-refractivity contribution in [2.75, 3.05) is 10.6 Å². The molecule has 0 heterocycles. The number of benzene rings is 3. The maximum atomic E-state index is 13.8. The molecule has 0 unspecified atom stereocenters. The number of amides is 2. The van der Waals surface area contributed by atoms with Gasteiger partial charge < -0.3 is 10.6 Å². The molecule has 0 radical (unpaired) electrons. The predicted octanol–water partition coefficient (Wildman–Crippen LogP) is 5.36. The molecule has 0 saturated heterocycles. The van der Waals surface area contributed by atoms with Crippen LogP contribution in [0.2, 0.25) is 5.02 Å². The molecule has 0 atom stereocenters. The number of nitrogens with one attached hydrogen (secondary N) is 2. The summed E-state index contributed by atoms with van der Waals surface area (Å²) >= 11 is 6.13. The van der Waals surface area contributed by atoms with Gasteiger partial charge in [0.1, 0.15) is 5.82 Å². The number of carbonyl (C=O) groups is 2. The highest BCUT2D eigenvalue weighted by Crippen LogP contribution is 2.28. The third-order valence-corrected chi connectivity index (χ3v) is 4.16. The van der Waals surface area contributed by atoms with Gasteiger partial charge in [0.05, 0.1) is 16.3 Å². The SMILES string of the molecule is CC(=O)Nc1ccc(NC(=O)c2cc(F)ccc2-c2ccccc2)cc1Cl. The van der Waals surface area contributed by atoms with Crippen LogP contribution < -0.4 is 10.6 Å². The van der Waals surface area contributed by atoms with E-state index in [0.717, 1.165) is 5.56 Å². The lowest BCUT2D eigenvalue weighted by atomic mass is 9.99. The first-order chi connectivity index (χ1) is 12.9. The van der Waals surface area contributed by atoms with E-state index >= 15 is 0 Å². The summed E-state index contributed by atoms with van der Waals surface area (Å²) in [4.78, 5) is 23.9. The molecule has 6 heteroatoms. The normalized spacial score (nSPS) is 10.3. The lowest BCUT2D eigenvalue weighted by Gasteiger charge is -2.12. The third-order valence-electron chi connectivity index (χ3n) is 3.85. The Balaban J connectivity index is 1.90. The average molecular weight is 383 g/mol. The van der Waals surface area contributed by atoms with Crippen molar-refractivity contribution in [1.82, 2.24) is 0 Å². The molecule has 2 N–H and O–H groups in total. The van der Waals surface area contributed by atoms with Crippen molar-refractivity contribution >= 4 is 34.8 Å². The Morgan fingerprint density at radius 2 is 1.67 bits per heavy atom. The first-order valence-electron chi connectivity index (χ1n) is 8.17. The number of hydrogen-bond donors (Lipinski definition) is 2. The molecule has 3 aromatic rings. The molecule has 0 saturated carbocycles. The standard InChI is InChI=1S/C21H16ClFN2O2/c1-13(26)24-20-10-8-16(12-19(20)22)25-21(27)18-11-15(23)7-9-17(18)14-5-3-2-4-6-14/h2-12H,1H3,(H,24,26)(H,25,27). The minimum atomic E-state index is -0.501. The van der Waals surface area contributed by atoms with Crippen LogP contribution >= 0.6 is 11.6 Å². The fourth-order valence-corrected chi connectivity index (χ4v) is 2.88. The van der Waals surface area contributed by atoms with Gasteiger partial charge in [-0.05, 0) is 41.5 Å². The van der Waals surface area contributed by atoms with E-state index in [9.17, 15) is 14.0 Å². The highest BCUT2D eigenvalue weighted by Gasteiger charge is 2.15. The number of carbonyl (C=O) groups excluding carboxylic acids is 2. The fourth-order valence-electron chi connectivity index (χ4n) is 2.66. The highest BCUT2D eigenvalue weighted by atomic mass is 35.5. The Morgan fingerprint density at radius 1 is 0.926 bits per heavy atom. The van der Waals surface area contributed by atoms with E-state index in [1.807, 2.05) is 30.3 Å². The van der Waals surface area contributed by atoms with E-state index in [1.165, 1.54) is 25.1 Å². The lowest BCUT2D eigenvalue weighted by Crippen LogP contribution is -2.14. The lowest BCUT2D eigenvalue weighted by molar-refractivity contribution is -0.114. The maximum Gasteiger partial charge on any atom is 0.256 e. The van der Waals surface area contributed by atoms with Crippen molar-refractivity contribution in [3.8, 4) is 11.1 Å². The van der Waals surface area contributed by atoms with Gasteiger partial charge in [-0.15, -0.1) is 0 Å². The molecule has 0 aromatic heterocycles. The molecule has 0 bridgehead atoms. The topological polar surface area (TPSA) is 58.2 Å². The minimum Gasteiger partial charge on any atom is -0.325 e. The van der Waals surface area contributed by atoms with Crippen molar-refractivity contribution in [1.29, 1.82) is 0 Å². The van der Waals surface area contributed by atoms with Gasteiger partial charge in [0.15, 0.2) is 0 Å². The molecule has 0 fully saturated rings. The van der Waals surface area contributed by atoms with Crippen LogP contribution in [-0.4, -0.2) is 11.8 Å². The van der Waals surface area contributed by atoms with Crippen molar-refractivity contribution in [3.63, 3.8) is 0 Å². The highest BCUT2D eigenvalue weighted by molar-refractivity contribution is 6.34. The Bertz CT molecular complexity index is 1010. The van der Waals surface area contributed by atoms with Crippen LogP contribution in [0.3, 0.4) is 0 Å². The average Bonchev–Trinajstić information content (AvgIpc) is 2.64. The second-order valence-corrected chi connectivity index (χ2v) is 6.29. The zero-order valence-electron chi connectivity index (χ0n) is 14.4. The van der Waals surface area contributed by atoms with Crippen molar-refractivity contribution in [2.24, 2.45) is 0 Å². The van der Waals surface area contributed by atoms with Crippen LogP contribution in [0.1, 0.15) is 17.3 Å². The summed E-state index contributed by atoms with van der Waals surface area (Å²) in [6.07, 6.45) is 0. The van der Waals surface area contributed by atoms with E-state index in [0.29, 0.717) is 16.9 Å². The molecular weight excluding hydrogens is 367 g/mol. The summed E-state index contributed by atoms with van der Waals surface area (Å²) in [5.41, 5.74) is 2.51. The van der Waals surface area contributed by atoms with Crippen LogP contribution in [0.5, 0.6) is 0 Å². The van der Waals surface area contributed by atoms with Crippen molar-refractivity contribution < 1.29 is 14.0 Å². The molecule has 0 spiro atoms. The van der Waals surface area contributed by atoms with Crippen LogP contribution in [0, 0.1) is 5.82 Å². The first kappa shape index (κ1) is 18.6. The molecule has 27 heavy (non-hydrogen) atoms. The number of rotatable bonds is 4. The second-order valence-electron chi connectivity index (χ2n) is 5.89. The van der Waals surface area contributed by atoms with E-state index < -0.39 is 11.7 Å². The van der Waals surface area contributed by atoms with Crippen LogP contribution in [0.15, 0.2) is 66.7 Å². The second kappa shape index (κ2) is 8.01. The molecule has 2 amide bonds. The Morgan fingerprint density at radius 3 is 2.33 bits per heavy atom. The molecule has 0 aliphatic rings. The van der Waals surface area contributed by atoms with Crippen LogP contribution in [0.25, 0.3) is 11.1 Å². The first-order valence-corrected chi connectivity index (χ1v) is 8.55. The van der Waals surface area contributed by atoms with Gasteiger partial charge in [-0.2, -0.15) is 0 Å². The summed E-state index contributed by atoms with van der Waals surface area (Å²) in [5, 5.41) is 5.59. The Hall–Kier alpha value is -3.18. The zero-order valence-corrected chi connectivity index (χ0v) is 15.2. The summed E-state index contributed by atoms with van der Waals surface area (Å²) in [6, 6.07) is 18.1. The number of halogens is 2. The van der Waals surface area contributed by atoms with Gasteiger partial charge in [0.25, 0.3) is 5.91 Å². The van der Waals surface area contributed by atoms with Gasteiger partial charge in [-0.3, -0.25) is 9.59 Å². The monoisotopic (exact) mass is 382 g/mol. The fraction of sp³-hybridized carbons (Fsp3) is 0.0476. The Kier molecular flexibility index (Phi) is 5.52. The van der Waals surface area contributed by atoms with Gasteiger partial charge in [0, 0.05) is 12.6 Å². The van der Waals surface area contributed by atoms with Crippen LogP contribution in [-0.2, 0) is 4.79 Å². The largest absolute Gasteiger partial charge is 0.325 e. The van der Waals surface area contributed by atoms with Gasteiger partial charge in [-0.25, -0.2) is 4.39 Å². The van der Waals surface area contributed by atoms with Crippen molar-refractivity contribution in [2.45, 2.75) is 6.92 Å². The summed E-state index contributed by atoms with van der Waals surface area (Å²) in [6.45, 7) is 1.38. The number of hydrogen-bond acceptors (Lipinski definition) is 2. The van der Waals surface area contributed by atoms with Gasteiger partial charge >= 0.3 is 0 Å². The molecular formula is C21H16ClFN2O2. The predicted molar refractivity (Wildman–Crippen MR) is 106 cm³/mol. The molecule has 136 valence electrons. The quantitative estimate of drug-likeness (QED) is 0.638. The van der Waals surface area contributed by atoms with E-state index in [-0.39, 0.29) is 16.5 Å². The molecule has 0 aliphatic heterocycles. The van der Waals surface area contributed by atoms with Gasteiger partial charge in [-0.1, -0.05) is 48.0 Å². The molecule has 4 nitrogen and oxygen atoms in total. The van der Waals surface area contributed by atoms with E-state index in [2.05, 4.69) is 10.6 Å². The zero-order chi connectivity index (χ0) is 19.4. The maximum absolute atomic E-state index is 13.8. The molecule has 0 aliphatic carbocycles. The summed E-state index contributed by atoms with van der Waals surface area (Å²) in [7, 11) is 0. The smallest absolute Gasteiger partial charge is 0.256 e. The summed E-state index contributed by atoms with van der Waals surface area (Å²) < 4.78 is 13.8. The number of anilines is 2. The van der Waals surface area contributed by atoms with Crippen molar-refractivity contribution in [3.05, 3.63) is 83.1 Å². The third kappa shape index (κ3) is 4.51. The minimum absolute atomic E-state index is 0.211. The molecule has 3 aromatic carbocycles. The van der Waals surface area contributed by atoms with Crippen LogP contribution in [0.4, 0.5) is 15.8 Å². The summed E-state index contributed by atoms with van der Waals surface area (Å²) in [5.74, 6) is -1.21. The van der Waals surface area contributed by atoms with E-state index in [1.54, 1.807) is 18.2 Å². The van der Waals surface area contributed by atoms with E-state index in [4.69, 9.17) is 11.6 Å².